The molecule has 15 rings (SSSR count). The topological polar surface area (TPSA) is 52.6 Å². The molecule has 0 fully saturated rings. The smallest absolute Gasteiger partial charge is 0.244 e. The number of benzene rings is 9. The summed E-state index contributed by atoms with van der Waals surface area (Å²) in [7, 11) is 0. The van der Waals surface area contributed by atoms with Crippen molar-refractivity contribution in [3.63, 3.8) is 0 Å². The van der Waals surface area contributed by atoms with Crippen molar-refractivity contribution in [3.8, 4) is 22.3 Å². The lowest BCUT2D eigenvalue weighted by Crippen LogP contribution is -2.57. The van der Waals surface area contributed by atoms with E-state index >= 15 is 0 Å². The van der Waals surface area contributed by atoms with Gasteiger partial charge in [-0.25, -0.2) is 0 Å². The van der Waals surface area contributed by atoms with E-state index in [4.69, 9.17) is 17.7 Å². The van der Waals surface area contributed by atoms with E-state index in [0.29, 0.717) is 0 Å². The van der Waals surface area contributed by atoms with Gasteiger partial charge in [0, 0.05) is 65.0 Å². The molecule has 0 radical (unpaired) electrons. The van der Waals surface area contributed by atoms with E-state index in [1.165, 1.54) is 55.0 Å². The Kier molecular flexibility index (Phi) is 5.26. The summed E-state index contributed by atoms with van der Waals surface area (Å²) < 4.78 is 27.4. The van der Waals surface area contributed by atoms with Crippen LogP contribution in [0.4, 0.5) is 0 Å². The van der Waals surface area contributed by atoms with E-state index in [0.717, 1.165) is 98.5 Å². The van der Waals surface area contributed by atoms with Gasteiger partial charge in [-0.05, 0) is 69.3 Å². The molecule has 13 aromatic rings. The second-order valence-corrected chi connectivity index (χ2v) is 17.8. The summed E-state index contributed by atoms with van der Waals surface area (Å²) in [6, 6.07) is 48.3. The third-order valence-electron chi connectivity index (χ3n) is 13.8. The van der Waals surface area contributed by atoms with E-state index < -0.39 is 0 Å². The fourth-order valence-corrected chi connectivity index (χ4v) is 11.3. The Balaban J connectivity index is 1.26. The molecule has 2 aliphatic rings. The van der Waals surface area contributed by atoms with Gasteiger partial charge in [-0.15, -0.1) is 0 Å². The Morgan fingerprint density at radius 2 is 0.780 bits per heavy atom. The molecule has 0 spiro atoms. The number of hydrogen-bond donors (Lipinski definition) is 0. The molecule has 5 heteroatoms. The summed E-state index contributed by atoms with van der Waals surface area (Å²) in [6.45, 7) is 6.90. The predicted molar refractivity (Wildman–Crippen MR) is 245 cm³/mol. The molecule has 4 nitrogen and oxygen atoms in total. The van der Waals surface area contributed by atoms with Crippen molar-refractivity contribution in [2.45, 2.75) is 26.2 Å². The van der Waals surface area contributed by atoms with E-state index in [-0.39, 0.29) is 12.1 Å². The van der Waals surface area contributed by atoms with E-state index in [1.807, 2.05) is 0 Å². The van der Waals surface area contributed by atoms with E-state index in [9.17, 15) is 0 Å². The zero-order valence-corrected chi connectivity index (χ0v) is 32.4. The summed E-state index contributed by atoms with van der Waals surface area (Å²) in [6.07, 6.45) is 0. The van der Waals surface area contributed by atoms with Gasteiger partial charge in [0.05, 0.1) is 0 Å². The highest BCUT2D eigenvalue weighted by molar-refractivity contribution is 7.02. The van der Waals surface area contributed by atoms with Crippen LogP contribution in [0.1, 0.15) is 26.3 Å². The average molecular weight is 755 g/mol. The maximum atomic E-state index is 6.86. The maximum absolute atomic E-state index is 6.86. The summed E-state index contributed by atoms with van der Waals surface area (Å²) >= 11 is 0. The van der Waals surface area contributed by atoms with Crippen molar-refractivity contribution in [1.82, 2.24) is 0 Å². The predicted octanol–water partition coefficient (Wildman–Crippen LogP) is 13.4. The Bertz CT molecular complexity index is 3870. The second kappa shape index (κ2) is 10.1. The van der Waals surface area contributed by atoms with Gasteiger partial charge in [0.1, 0.15) is 44.7 Å². The summed E-state index contributed by atoms with van der Waals surface area (Å²) in [5.74, 6) is 0. The number of furan rings is 4. The van der Waals surface area contributed by atoms with Crippen LogP contribution in [-0.4, -0.2) is 6.71 Å². The van der Waals surface area contributed by atoms with Gasteiger partial charge < -0.3 is 17.7 Å². The van der Waals surface area contributed by atoms with Crippen molar-refractivity contribution in [2.24, 2.45) is 0 Å². The molecule has 0 bridgehead atoms. The second-order valence-electron chi connectivity index (χ2n) is 17.8. The molecule has 0 atom stereocenters. The van der Waals surface area contributed by atoms with E-state index in [1.54, 1.807) is 0 Å². The molecule has 4 aromatic heterocycles. The molecular formula is C54H31BO4. The minimum Gasteiger partial charge on any atom is -0.456 e. The Hall–Kier alpha value is -7.24. The largest absolute Gasteiger partial charge is 0.456 e. The molecule has 59 heavy (non-hydrogen) atoms. The zero-order valence-electron chi connectivity index (χ0n) is 32.4. The first-order valence-corrected chi connectivity index (χ1v) is 20.5. The first-order valence-electron chi connectivity index (χ1n) is 20.5. The van der Waals surface area contributed by atoms with Crippen LogP contribution < -0.4 is 16.4 Å². The molecule has 0 saturated heterocycles. The standard InChI is InChI=1S/C54H31BO4/c1-54(2,3)26-20-33-49-45-35(24-43-47(49)29-14-6-10-18-41(29)56-43)52-31(27-12-4-8-16-39(27)58-52)22-37(45)55-38-23-32-28-13-5-9-17-40(28)59-53(32)36-25-44-48(30-15-7-11-19-42(30)57-44)50(46(36)38)34(21-26)51(33)55/h4-25H,1-3H3. The van der Waals surface area contributed by atoms with Gasteiger partial charge in [0.2, 0.25) is 6.71 Å². The fraction of sp³-hybridized carbons (Fsp3) is 0.0741. The lowest BCUT2D eigenvalue weighted by Gasteiger charge is -2.36. The first kappa shape index (κ1) is 30.8. The van der Waals surface area contributed by atoms with Crippen LogP contribution in [0.3, 0.4) is 0 Å². The van der Waals surface area contributed by atoms with Gasteiger partial charge >= 0.3 is 0 Å². The van der Waals surface area contributed by atoms with Crippen LogP contribution in [0, 0.1) is 0 Å². The minimum absolute atomic E-state index is 0.0821. The lowest BCUT2D eigenvalue weighted by atomic mass is 9.30. The maximum Gasteiger partial charge on any atom is 0.244 e. The molecule has 0 amide bonds. The van der Waals surface area contributed by atoms with Crippen LogP contribution in [0.2, 0.25) is 0 Å². The van der Waals surface area contributed by atoms with Gasteiger partial charge in [0.15, 0.2) is 0 Å². The Labute approximate surface area is 336 Å². The summed E-state index contributed by atoms with van der Waals surface area (Å²) in [5, 5.41) is 13.6. The van der Waals surface area contributed by atoms with Crippen LogP contribution >= 0.6 is 0 Å². The van der Waals surface area contributed by atoms with Crippen molar-refractivity contribution >= 4 is 132 Å². The number of rotatable bonds is 0. The number of fused-ring (bicyclic) bond motifs is 20. The minimum atomic E-state index is -0.149. The lowest BCUT2D eigenvalue weighted by molar-refractivity contribution is 0.591. The zero-order chi connectivity index (χ0) is 38.6. The van der Waals surface area contributed by atoms with Crippen LogP contribution in [0.25, 0.3) is 132 Å². The molecule has 274 valence electrons. The molecule has 0 unspecified atom stereocenters. The van der Waals surface area contributed by atoms with Gasteiger partial charge in [0.25, 0.3) is 0 Å². The molecular weight excluding hydrogens is 723 g/mol. The highest BCUT2D eigenvalue weighted by Gasteiger charge is 2.43. The number of para-hydroxylation sites is 4. The van der Waals surface area contributed by atoms with Gasteiger partial charge in [-0.3, -0.25) is 0 Å². The molecule has 0 saturated carbocycles. The van der Waals surface area contributed by atoms with E-state index in [2.05, 4.69) is 154 Å². The quantitative estimate of drug-likeness (QED) is 0.145. The molecule has 0 aliphatic carbocycles. The summed E-state index contributed by atoms with van der Waals surface area (Å²) in [5.41, 5.74) is 17.1. The summed E-state index contributed by atoms with van der Waals surface area (Å²) in [4.78, 5) is 0. The third kappa shape index (κ3) is 3.61. The normalized spacial score (nSPS) is 13.6. The van der Waals surface area contributed by atoms with Crippen LogP contribution in [0.5, 0.6) is 0 Å². The Morgan fingerprint density at radius 3 is 1.22 bits per heavy atom. The molecule has 2 aliphatic heterocycles. The monoisotopic (exact) mass is 754 g/mol. The molecule has 0 N–H and O–H groups in total. The number of hydrogen-bond acceptors (Lipinski definition) is 4. The van der Waals surface area contributed by atoms with Crippen molar-refractivity contribution in [3.05, 3.63) is 139 Å². The van der Waals surface area contributed by atoms with Crippen molar-refractivity contribution in [1.29, 1.82) is 0 Å². The van der Waals surface area contributed by atoms with Crippen LogP contribution in [0.15, 0.2) is 151 Å². The highest BCUT2D eigenvalue weighted by Crippen LogP contribution is 2.51. The SMILES string of the molecule is CC(C)(C)c1cc2c3c(c1)-c1c4c(cc5c6ccccc6oc5c4cc4oc5ccccc5c14)B3c1cc3c4ccccc4oc3c3cc4oc5ccccc5c4c-2c13. The fourth-order valence-electron chi connectivity index (χ4n) is 11.3. The third-order valence-corrected chi connectivity index (χ3v) is 13.8. The van der Waals surface area contributed by atoms with Gasteiger partial charge in [-0.2, -0.15) is 0 Å². The molecule has 6 heterocycles. The Morgan fingerprint density at radius 1 is 0.373 bits per heavy atom. The van der Waals surface area contributed by atoms with Crippen LogP contribution in [-0.2, 0) is 5.41 Å². The molecule has 9 aromatic carbocycles. The average Bonchev–Trinajstić information content (AvgIpc) is 4.02. The van der Waals surface area contributed by atoms with Gasteiger partial charge in [-0.1, -0.05) is 134 Å². The van der Waals surface area contributed by atoms with Crippen molar-refractivity contribution in [2.75, 3.05) is 0 Å². The van der Waals surface area contributed by atoms with Crippen molar-refractivity contribution < 1.29 is 17.7 Å². The first-order chi connectivity index (χ1) is 28.9. The highest BCUT2D eigenvalue weighted by atomic mass is 16.3.